The summed E-state index contributed by atoms with van der Waals surface area (Å²) in [4.78, 5) is 2.17. The van der Waals surface area contributed by atoms with Crippen LogP contribution in [0.3, 0.4) is 0 Å². The minimum Gasteiger partial charge on any atom is -0.312 e. The van der Waals surface area contributed by atoms with E-state index in [2.05, 4.69) is 17.3 Å². The van der Waals surface area contributed by atoms with Gasteiger partial charge in [-0.05, 0) is 14.0 Å². The summed E-state index contributed by atoms with van der Waals surface area (Å²) < 4.78 is 0. The standard InChI is InChI=1S/C6H15N3/c1-6(7)5-8-3-4-9(6)2/h8H,3-5,7H2,1-2H3. The summed E-state index contributed by atoms with van der Waals surface area (Å²) >= 11 is 0. The maximum Gasteiger partial charge on any atom is 0.0784 e. The monoisotopic (exact) mass is 129 g/mol. The molecule has 1 aliphatic rings. The number of piperazine rings is 1. The summed E-state index contributed by atoms with van der Waals surface area (Å²) in [7, 11) is 2.06. The molecule has 0 saturated carbocycles. The summed E-state index contributed by atoms with van der Waals surface area (Å²) in [6.45, 7) is 5.04. The van der Waals surface area contributed by atoms with Gasteiger partial charge in [0.25, 0.3) is 0 Å². The van der Waals surface area contributed by atoms with Gasteiger partial charge >= 0.3 is 0 Å². The molecule has 1 heterocycles. The van der Waals surface area contributed by atoms with Crippen LogP contribution >= 0.6 is 0 Å². The molecule has 0 aromatic carbocycles. The van der Waals surface area contributed by atoms with Crippen molar-refractivity contribution in [2.75, 3.05) is 26.7 Å². The second kappa shape index (κ2) is 2.25. The van der Waals surface area contributed by atoms with E-state index < -0.39 is 0 Å². The Balaban J connectivity index is 2.49. The molecule has 0 amide bonds. The van der Waals surface area contributed by atoms with E-state index in [0.29, 0.717) is 0 Å². The molecule has 1 unspecified atom stereocenters. The second-order valence-corrected chi connectivity index (χ2v) is 2.96. The molecule has 1 saturated heterocycles. The third kappa shape index (κ3) is 1.41. The van der Waals surface area contributed by atoms with Gasteiger partial charge in [-0.25, -0.2) is 0 Å². The van der Waals surface area contributed by atoms with Gasteiger partial charge in [-0.3, -0.25) is 4.90 Å². The van der Waals surface area contributed by atoms with Gasteiger partial charge in [-0.1, -0.05) is 0 Å². The van der Waals surface area contributed by atoms with Crippen LogP contribution in [-0.2, 0) is 0 Å². The highest BCUT2D eigenvalue weighted by atomic mass is 15.3. The molecule has 1 rings (SSSR count). The van der Waals surface area contributed by atoms with E-state index >= 15 is 0 Å². The third-order valence-electron chi connectivity index (χ3n) is 1.98. The normalized spacial score (nSPS) is 39.0. The van der Waals surface area contributed by atoms with Crippen LogP contribution in [0.1, 0.15) is 6.92 Å². The number of rotatable bonds is 0. The van der Waals surface area contributed by atoms with Crippen LogP contribution in [0, 0.1) is 0 Å². The highest BCUT2D eigenvalue weighted by Gasteiger charge is 2.26. The lowest BCUT2D eigenvalue weighted by Crippen LogP contribution is -2.63. The van der Waals surface area contributed by atoms with Gasteiger partial charge in [0, 0.05) is 19.6 Å². The van der Waals surface area contributed by atoms with Crippen LogP contribution in [0.5, 0.6) is 0 Å². The Labute approximate surface area is 56.2 Å². The summed E-state index contributed by atoms with van der Waals surface area (Å²) in [5.74, 6) is 0. The van der Waals surface area contributed by atoms with Crippen molar-refractivity contribution in [1.29, 1.82) is 0 Å². The fourth-order valence-electron chi connectivity index (χ4n) is 0.979. The highest BCUT2D eigenvalue weighted by Crippen LogP contribution is 2.05. The van der Waals surface area contributed by atoms with E-state index in [0.717, 1.165) is 19.6 Å². The van der Waals surface area contributed by atoms with Gasteiger partial charge in [0.05, 0.1) is 5.66 Å². The lowest BCUT2D eigenvalue weighted by atomic mass is 10.1. The molecule has 1 atom stereocenters. The van der Waals surface area contributed by atoms with Crippen LogP contribution in [0.4, 0.5) is 0 Å². The maximum atomic E-state index is 5.88. The van der Waals surface area contributed by atoms with Crippen molar-refractivity contribution in [3.05, 3.63) is 0 Å². The summed E-state index contributed by atoms with van der Waals surface area (Å²) in [5.41, 5.74) is 5.74. The highest BCUT2D eigenvalue weighted by molar-refractivity contribution is 4.84. The Morgan fingerprint density at radius 1 is 1.67 bits per heavy atom. The molecule has 1 fully saturated rings. The van der Waals surface area contributed by atoms with Crippen molar-refractivity contribution < 1.29 is 0 Å². The zero-order chi connectivity index (χ0) is 6.91. The minimum absolute atomic E-state index is 0.141. The average molecular weight is 129 g/mol. The first-order chi connectivity index (χ1) is 4.13. The fraction of sp³-hybridized carbons (Fsp3) is 1.00. The number of likely N-dealkylation sites (N-methyl/N-ethyl adjacent to an activating group) is 1. The first kappa shape index (κ1) is 6.99. The SMILES string of the molecule is CN1CCNCC1(C)N. The van der Waals surface area contributed by atoms with Crippen molar-refractivity contribution in [2.45, 2.75) is 12.6 Å². The lowest BCUT2D eigenvalue weighted by molar-refractivity contribution is 0.111. The molecule has 3 heteroatoms. The zero-order valence-corrected chi connectivity index (χ0v) is 6.15. The van der Waals surface area contributed by atoms with Crippen molar-refractivity contribution in [1.82, 2.24) is 10.2 Å². The van der Waals surface area contributed by atoms with E-state index in [-0.39, 0.29) is 5.66 Å². The molecule has 0 bridgehead atoms. The summed E-state index contributed by atoms with van der Waals surface area (Å²) in [6.07, 6.45) is 0. The third-order valence-corrected chi connectivity index (χ3v) is 1.98. The minimum atomic E-state index is -0.141. The van der Waals surface area contributed by atoms with Crippen LogP contribution in [0.25, 0.3) is 0 Å². The van der Waals surface area contributed by atoms with Gasteiger partial charge in [0.1, 0.15) is 0 Å². The van der Waals surface area contributed by atoms with Gasteiger partial charge in [-0.2, -0.15) is 0 Å². The molecule has 0 radical (unpaired) electrons. The molecule has 9 heavy (non-hydrogen) atoms. The van der Waals surface area contributed by atoms with Gasteiger partial charge in [0.2, 0.25) is 0 Å². The Bertz CT molecular complexity index is 100. The first-order valence-corrected chi connectivity index (χ1v) is 3.34. The van der Waals surface area contributed by atoms with Crippen LogP contribution in [0.2, 0.25) is 0 Å². The maximum absolute atomic E-state index is 5.88. The fourth-order valence-corrected chi connectivity index (χ4v) is 0.979. The van der Waals surface area contributed by atoms with E-state index in [4.69, 9.17) is 5.73 Å². The number of nitrogens with two attached hydrogens (primary N) is 1. The number of hydrogen-bond donors (Lipinski definition) is 2. The molecule has 0 aromatic heterocycles. The molecule has 0 spiro atoms. The largest absolute Gasteiger partial charge is 0.312 e. The van der Waals surface area contributed by atoms with Crippen molar-refractivity contribution in [3.63, 3.8) is 0 Å². The molecular formula is C6H15N3. The van der Waals surface area contributed by atoms with Crippen molar-refractivity contribution in [2.24, 2.45) is 5.73 Å². The predicted molar refractivity (Wildman–Crippen MR) is 38.1 cm³/mol. The number of nitrogens with zero attached hydrogens (tertiary/aromatic N) is 1. The Morgan fingerprint density at radius 2 is 2.33 bits per heavy atom. The Hall–Kier alpha value is -0.120. The van der Waals surface area contributed by atoms with Gasteiger partial charge < -0.3 is 11.1 Å². The smallest absolute Gasteiger partial charge is 0.0784 e. The van der Waals surface area contributed by atoms with Crippen LogP contribution in [0.15, 0.2) is 0 Å². The van der Waals surface area contributed by atoms with Gasteiger partial charge in [0.15, 0.2) is 0 Å². The molecule has 1 aliphatic heterocycles. The molecule has 3 N–H and O–H groups in total. The predicted octanol–water partition coefficient (Wildman–Crippen LogP) is -0.804. The van der Waals surface area contributed by atoms with E-state index in [9.17, 15) is 0 Å². The van der Waals surface area contributed by atoms with E-state index in [1.165, 1.54) is 0 Å². The second-order valence-electron chi connectivity index (χ2n) is 2.96. The number of hydrogen-bond acceptors (Lipinski definition) is 3. The van der Waals surface area contributed by atoms with Crippen molar-refractivity contribution in [3.8, 4) is 0 Å². The average Bonchev–Trinajstić information content (AvgIpc) is 1.77. The Morgan fingerprint density at radius 3 is 2.67 bits per heavy atom. The molecule has 0 aliphatic carbocycles. The van der Waals surface area contributed by atoms with E-state index in [1.54, 1.807) is 0 Å². The molecule has 54 valence electrons. The number of nitrogens with one attached hydrogen (secondary N) is 1. The lowest BCUT2D eigenvalue weighted by Gasteiger charge is -2.39. The summed E-state index contributed by atoms with van der Waals surface area (Å²) in [5, 5.41) is 3.24. The molecule has 3 nitrogen and oxygen atoms in total. The van der Waals surface area contributed by atoms with Gasteiger partial charge in [-0.15, -0.1) is 0 Å². The molecular weight excluding hydrogens is 114 g/mol. The Kier molecular flexibility index (Phi) is 1.75. The first-order valence-electron chi connectivity index (χ1n) is 3.34. The quantitative estimate of drug-likeness (QED) is 0.450. The van der Waals surface area contributed by atoms with Crippen molar-refractivity contribution >= 4 is 0 Å². The molecule has 0 aromatic rings. The van der Waals surface area contributed by atoms with Crippen LogP contribution in [-0.4, -0.2) is 37.2 Å². The topological polar surface area (TPSA) is 41.3 Å². The summed E-state index contributed by atoms with van der Waals surface area (Å²) in [6, 6.07) is 0. The van der Waals surface area contributed by atoms with Crippen LogP contribution < -0.4 is 11.1 Å². The van der Waals surface area contributed by atoms with E-state index in [1.807, 2.05) is 6.92 Å². The zero-order valence-electron chi connectivity index (χ0n) is 6.15.